The Labute approximate surface area is 166 Å². The lowest BCUT2D eigenvalue weighted by atomic mass is 9.93. The fraction of sp³-hybridized carbons (Fsp3) is 0.450. The van der Waals surface area contributed by atoms with Crippen LogP contribution in [0.15, 0.2) is 29.3 Å². The second-order valence-electron chi connectivity index (χ2n) is 7.62. The molecule has 0 bridgehead atoms. The third-order valence-corrected chi connectivity index (χ3v) is 6.03. The fourth-order valence-corrected chi connectivity index (χ4v) is 4.61. The van der Waals surface area contributed by atoms with Crippen molar-refractivity contribution in [2.24, 2.45) is 5.92 Å². The molecule has 2 N–H and O–H groups in total. The average molecular weight is 393 g/mol. The smallest absolute Gasteiger partial charge is 0.273 e. The van der Waals surface area contributed by atoms with Gasteiger partial charge in [0, 0.05) is 24.6 Å². The van der Waals surface area contributed by atoms with E-state index in [1.807, 2.05) is 19.2 Å². The molecular weight excluding hydrogens is 370 g/mol. The van der Waals surface area contributed by atoms with E-state index in [-0.39, 0.29) is 17.9 Å². The molecule has 4 aromatic rings. The van der Waals surface area contributed by atoms with E-state index in [1.165, 1.54) is 6.39 Å². The number of amides is 1. The van der Waals surface area contributed by atoms with E-state index in [1.54, 1.807) is 6.20 Å². The maximum absolute atomic E-state index is 12.7. The van der Waals surface area contributed by atoms with Crippen LogP contribution in [0.1, 0.15) is 61.1 Å². The highest BCUT2D eigenvalue weighted by Crippen LogP contribution is 2.41. The van der Waals surface area contributed by atoms with Gasteiger partial charge in [0.2, 0.25) is 0 Å². The largest absolute Gasteiger partial charge is 0.448 e. The third-order valence-electron chi connectivity index (χ3n) is 6.03. The number of rotatable bonds is 5. The highest BCUT2D eigenvalue weighted by molar-refractivity contribution is 5.93. The first kappa shape index (κ1) is 17.8. The van der Waals surface area contributed by atoms with Gasteiger partial charge in [-0.2, -0.15) is 0 Å². The van der Waals surface area contributed by atoms with Gasteiger partial charge in [-0.25, -0.2) is 9.97 Å². The zero-order valence-electron chi connectivity index (χ0n) is 16.4. The van der Waals surface area contributed by atoms with Gasteiger partial charge in [-0.1, -0.05) is 20.3 Å². The van der Waals surface area contributed by atoms with Gasteiger partial charge in [-0.3, -0.25) is 9.20 Å². The molecule has 1 saturated carbocycles. The lowest BCUT2D eigenvalue weighted by molar-refractivity contribution is 0.0930. The number of aromatic nitrogens is 6. The van der Waals surface area contributed by atoms with Gasteiger partial charge < -0.3 is 14.7 Å². The molecule has 0 aliphatic heterocycles. The maximum Gasteiger partial charge on any atom is 0.273 e. The van der Waals surface area contributed by atoms with Crippen molar-refractivity contribution >= 4 is 22.7 Å². The van der Waals surface area contributed by atoms with Crippen LogP contribution in [0.25, 0.3) is 16.8 Å². The Bertz CT molecular complexity index is 1170. The van der Waals surface area contributed by atoms with Crippen LogP contribution in [0.2, 0.25) is 0 Å². The Morgan fingerprint density at radius 2 is 2.21 bits per heavy atom. The molecule has 1 fully saturated rings. The summed E-state index contributed by atoms with van der Waals surface area (Å²) in [7, 11) is 0. The van der Waals surface area contributed by atoms with Crippen molar-refractivity contribution in [3.05, 3.63) is 42.1 Å². The second-order valence-corrected chi connectivity index (χ2v) is 7.62. The average Bonchev–Trinajstić information content (AvgIpc) is 3.51. The van der Waals surface area contributed by atoms with E-state index in [2.05, 4.69) is 41.8 Å². The number of aryl methyl sites for hydroxylation is 1. The minimum absolute atomic E-state index is 0.0646. The molecule has 0 unspecified atom stereocenters. The zero-order chi connectivity index (χ0) is 20.0. The number of carbonyl (C=O) groups excluding carboxylic acids is 1. The predicted molar refractivity (Wildman–Crippen MR) is 106 cm³/mol. The molecule has 3 atom stereocenters. The Kier molecular flexibility index (Phi) is 4.30. The van der Waals surface area contributed by atoms with E-state index in [9.17, 15) is 4.79 Å². The van der Waals surface area contributed by atoms with E-state index in [0.717, 1.165) is 41.9 Å². The van der Waals surface area contributed by atoms with Crippen LogP contribution >= 0.6 is 0 Å². The molecule has 0 radical (unpaired) electrons. The molecule has 4 heterocycles. The van der Waals surface area contributed by atoms with Gasteiger partial charge in [-0.15, -0.1) is 10.2 Å². The van der Waals surface area contributed by atoms with Crippen LogP contribution in [0, 0.1) is 5.92 Å². The number of hydrogen-bond donors (Lipinski definition) is 2. The Hall–Kier alpha value is -3.23. The molecule has 5 rings (SSSR count). The lowest BCUT2D eigenvalue weighted by Crippen LogP contribution is -2.33. The number of hydrogen-bond acceptors (Lipinski definition) is 6. The number of oxazole rings is 1. The standard InChI is InChI=1S/C20H23N7O2/c1-3-11-7-12(24-20(28)17-15(4-2)29-10-23-17)8-13(11)19-26-25-16-9-22-18-14(27(16)19)5-6-21-18/h5-6,9-13,21H,3-4,7-8H2,1-2H3,(H,24,28)/t11-,12+,13+/m1/s1. The molecule has 1 aliphatic rings. The number of H-pyrrole nitrogens is 1. The molecule has 0 saturated heterocycles. The van der Waals surface area contributed by atoms with Gasteiger partial charge in [0.25, 0.3) is 5.91 Å². The van der Waals surface area contributed by atoms with Crippen LogP contribution in [-0.4, -0.2) is 41.5 Å². The SMILES string of the molecule is CCc1ocnc1C(=O)N[C@H]1C[C@@H](CC)[C@@H](c2nnc3cnc4[nH]ccc4n23)C1. The van der Waals surface area contributed by atoms with Crippen LogP contribution in [0.3, 0.4) is 0 Å². The summed E-state index contributed by atoms with van der Waals surface area (Å²) >= 11 is 0. The lowest BCUT2D eigenvalue weighted by Gasteiger charge is -2.15. The molecule has 9 heteroatoms. The monoisotopic (exact) mass is 393 g/mol. The summed E-state index contributed by atoms with van der Waals surface area (Å²) < 4.78 is 7.39. The minimum Gasteiger partial charge on any atom is -0.448 e. The zero-order valence-corrected chi connectivity index (χ0v) is 16.4. The van der Waals surface area contributed by atoms with Crippen LogP contribution in [0.4, 0.5) is 0 Å². The van der Waals surface area contributed by atoms with Gasteiger partial charge in [0.15, 0.2) is 23.4 Å². The molecule has 0 aromatic carbocycles. The van der Waals surface area contributed by atoms with Crippen LogP contribution in [-0.2, 0) is 6.42 Å². The summed E-state index contributed by atoms with van der Waals surface area (Å²) in [5.41, 5.74) is 2.91. The summed E-state index contributed by atoms with van der Waals surface area (Å²) in [6.07, 6.45) is 8.32. The van der Waals surface area contributed by atoms with Gasteiger partial charge in [-0.05, 0) is 24.8 Å². The predicted octanol–water partition coefficient (Wildman–Crippen LogP) is 2.86. The van der Waals surface area contributed by atoms with Gasteiger partial charge in [0.05, 0.1) is 11.7 Å². The minimum atomic E-state index is -0.167. The summed E-state index contributed by atoms with van der Waals surface area (Å²) in [4.78, 5) is 24.3. The fourth-order valence-electron chi connectivity index (χ4n) is 4.61. The van der Waals surface area contributed by atoms with Crippen molar-refractivity contribution in [2.45, 2.75) is 51.5 Å². The van der Waals surface area contributed by atoms with Crippen LogP contribution < -0.4 is 5.32 Å². The molecular formula is C20H23N7O2. The van der Waals surface area contributed by atoms with E-state index >= 15 is 0 Å². The normalized spacial score (nSPS) is 21.9. The Balaban J connectivity index is 1.44. The van der Waals surface area contributed by atoms with Gasteiger partial charge in [0.1, 0.15) is 11.6 Å². The van der Waals surface area contributed by atoms with Crippen LogP contribution in [0.5, 0.6) is 0 Å². The topological polar surface area (TPSA) is 114 Å². The molecule has 1 aliphatic carbocycles. The Morgan fingerprint density at radius 1 is 1.31 bits per heavy atom. The van der Waals surface area contributed by atoms with Crippen molar-refractivity contribution in [3.63, 3.8) is 0 Å². The highest BCUT2D eigenvalue weighted by atomic mass is 16.3. The van der Waals surface area contributed by atoms with E-state index < -0.39 is 0 Å². The summed E-state index contributed by atoms with van der Waals surface area (Å²) in [6.45, 7) is 4.13. The van der Waals surface area contributed by atoms with Crippen molar-refractivity contribution in [1.29, 1.82) is 0 Å². The van der Waals surface area contributed by atoms with E-state index in [4.69, 9.17) is 4.42 Å². The van der Waals surface area contributed by atoms with Gasteiger partial charge >= 0.3 is 0 Å². The molecule has 9 nitrogen and oxygen atoms in total. The highest BCUT2D eigenvalue weighted by Gasteiger charge is 2.38. The Morgan fingerprint density at radius 3 is 3.03 bits per heavy atom. The van der Waals surface area contributed by atoms with Crippen molar-refractivity contribution in [1.82, 2.24) is 34.9 Å². The van der Waals surface area contributed by atoms with E-state index in [0.29, 0.717) is 23.8 Å². The summed E-state index contributed by atoms with van der Waals surface area (Å²) in [5, 5.41) is 12.0. The number of carbonyl (C=O) groups is 1. The van der Waals surface area contributed by atoms with Crippen molar-refractivity contribution in [3.8, 4) is 0 Å². The third kappa shape index (κ3) is 2.88. The number of nitrogens with zero attached hydrogens (tertiary/aromatic N) is 5. The maximum atomic E-state index is 12.7. The van der Waals surface area contributed by atoms with Crippen molar-refractivity contribution < 1.29 is 9.21 Å². The quantitative estimate of drug-likeness (QED) is 0.539. The molecule has 150 valence electrons. The summed E-state index contributed by atoms with van der Waals surface area (Å²) in [6, 6.07) is 2.06. The molecule has 29 heavy (non-hydrogen) atoms. The number of aromatic amines is 1. The second kappa shape index (κ2) is 6.98. The first-order valence-electron chi connectivity index (χ1n) is 10.1. The summed E-state index contributed by atoms with van der Waals surface area (Å²) in [5.74, 6) is 2.02. The molecule has 1 amide bonds. The molecule has 0 spiro atoms. The first-order valence-corrected chi connectivity index (χ1v) is 10.1. The van der Waals surface area contributed by atoms with Crippen molar-refractivity contribution in [2.75, 3.05) is 0 Å². The first-order chi connectivity index (χ1) is 14.2. The number of fused-ring (bicyclic) bond motifs is 3. The molecule has 4 aromatic heterocycles. The number of nitrogens with one attached hydrogen (secondary N) is 2.